The van der Waals surface area contributed by atoms with Gasteiger partial charge in [-0.2, -0.15) is 4.52 Å². The first-order chi connectivity index (χ1) is 12.7. The van der Waals surface area contributed by atoms with Crippen LogP contribution in [0.15, 0.2) is 48.8 Å². The molecule has 0 atom stereocenters. The van der Waals surface area contributed by atoms with Crippen molar-refractivity contribution in [1.82, 2.24) is 35.0 Å². The SMILES string of the molecule is Nc1nc(-c2ccc(F)cc2)c(-c2ccc3nc[nH]c3c2)c2nnnn12. The third-order valence-electron chi connectivity index (χ3n) is 4.20. The Hall–Kier alpha value is -3.88. The standard InChI is InChI=1S/C17H11FN8/c18-11-4-1-9(2-5-11)15-14(16-23-24-25-26(16)17(19)22-15)10-3-6-12-13(7-10)21-8-20-12/h1-8H,(H2,19,22)(H,20,21). The van der Waals surface area contributed by atoms with Gasteiger partial charge in [0.25, 0.3) is 0 Å². The summed E-state index contributed by atoms with van der Waals surface area (Å²) < 4.78 is 14.7. The molecular formula is C17H11FN8. The number of halogens is 1. The van der Waals surface area contributed by atoms with Crippen LogP contribution < -0.4 is 5.73 Å². The summed E-state index contributed by atoms with van der Waals surface area (Å²) >= 11 is 0. The Labute approximate surface area is 145 Å². The first kappa shape index (κ1) is 14.5. The molecule has 0 fully saturated rings. The molecule has 5 rings (SSSR count). The van der Waals surface area contributed by atoms with Gasteiger partial charge in [-0.15, -0.1) is 5.10 Å². The fourth-order valence-corrected chi connectivity index (χ4v) is 2.99. The van der Waals surface area contributed by atoms with E-state index in [1.807, 2.05) is 18.2 Å². The van der Waals surface area contributed by atoms with Gasteiger partial charge in [0.05, 0.1) is 28.6 Å². The van der Waals surface area contributed by atoms with Crippen molar-refractivity contribution in [3.8, 4) is 22.4 Å². The molecule has 126 valence electrons. The number of imidazole rings is 1. The smallest absolute Gasteiger partial charge is 0.225 e. The van der Waals surface area contributed by atoms with Gasteiger partial charge in [-0.25, -0.2) is 14.4 Å². The van der Waals surface area contributed by atoms with Crippen molar-refractivity contribution >= 4 is 22.6 Å². The summed E-state index contributed by atoms with van der Waals surface area (Å²) in [5, 5.41) is 11.7. The molecule has 26 heavy (non-hydrogen) atoms. The monoisotopic (exact) mass is 346 g/mol. The van der Waals surface area contributed by atoms with Crippen LogP contribution in [0, 0.1) is 5.82 Å². The molecule has 3 N–H and O–H groups in total. The minimum Gasteiger partial charge on any atom is -0.368 e. The van der Waals surface area contributed by atoms with Crippen LogP contribution in [0.25, 0.3) is 39.1 Å². The molecule has 0 radical (unpaired) electrons. The summed E-state index contributed by atoms with van der Waals surface area (Å²) in [7, 11) is 0. The predicted octanol–water partition coefficient (Wildman–Crippen LogP) is 2.45. The van der Waals surface area contributed by atoms with Crippen molar-refractivity contribution in [2.24, 2.45) is 0 Å². The number of nitrogen functional groups attached to an aromatic ring is 1. The third-order valence-corrected chi connectivity index (χ3v) is 4.20. The molecule has 9 heteroatoms. The second kappa shape index (κ2) is 5.31. The molecule has 0 unspecified atom stereocenters. The average Bonchev–Trinajstić information content (AvgIpc) is 3.31. The molecule has 0 amide bonds. The highest BCUT2D eigenvalue weighted by Crippen LogP contribution is 2.35. The second-order valence-electron chi connectivity index (χ2n) is 5.75. The quantitative estimate of drug-likeness (QED) is 0.508. The van der Waals surface area contributed by atoms with Crippen LogP contribution in [0.3, 0.4) is 0 Å². The summed E-state index contributed by atoms with van der Waals surface area (Å²) in [6.07, 6.45) is 1.63. The van der Waals surface area contributed by atoms with Gasteiger partial charge >= 0.3 is 0 Å². The number of aromatic amines is 1. The fourth-order valence-electron chi connectivity index (χ4n) is 2.99. The maximum Gasteiger partial charge on any atom is 0.225 e. The number of anilines is 1. The van der Waals surface area contributed by atoms with E-state index in [0.717, 1.165) is 16.6 Å². The number of nitrogens with one attached hydrogen (secondary N) is 1. The Morgan fingerprint density at radius 2 is 1.85 bits per heavy atom. The van der Waals surface area contributed by atoms with Crippen molar-refractivity contribution in [2.45, 2.75) is 0 Å². The van der Waals surface area contributed by atoms with E-state index in [2.05, 4.69) is 30.5 Å². The molecule has 0 aliphatic heterocycles. The van der Waals surface area contributed by atoms with E-state index in [9.17, 15) is 4.39 Å². The zero-order valence-corrected chi connectivity index (χ0v) is 13.3. The van der Waals surface area contributed by atoms with Gasteiger partial charge in [0, 0.05) is 5.56 Å². The van der Waals surface area contributed by atoms with Crippen LogP contribution >= 0.6 is 0 Å². The van der Waals surface area contributed by atoms with Crippen LogP contribution in [-0.2, 0) is 0 Å². The van der Waals surface area contributed by atoms with Crippen LogP contribution in [0.2, 0.25) is 0 Å². The molecule has 0 saturated carbocycles. The van der Waals surface area contributed by atoms with Gasteiger partial charge in [0.15, 0.2) is 5.65 Å². The Balaban J connectivity index is 1.86. The Bertz CT molecular complexity index is 1260. The molecule has 2 aromatic carbocycles. The van der Waals surface area contributed by atoms with Crippen LogP contribution in [0.4, 0.5) is 10.3 Å². The number of rotatable bonds is 2. The van der Waals surface area contributed by atoms with E-state index >= 15 is 0 Å². The van der Waals surface area contributed by atoms with Crippen molar-refractivity contribution in [3.05, 3.63) is 54.6 Å². The van der Waals surface area contributed by atoms with E-state index in [1.54, 1.807) is 18.5 Å². The molecule has 8 nitrogen and oxygen atoms in total. The number of hydrogen-bond acceptors (Lipinski definition) is 6. The fraction of sp³-hybridized carbons (Fsp3) is 0. The van der Waals surface area contributed by atoms with Gasteiger partial charge in [-0.3, -0.25) is 0 Å². The van der Waals surface area contributed by atoms with Crippen LogP contribution in [0.1, 0.15) is 0 Å². The molecule has 0 spiro atoms. The van der Waals surface area contributed by atoms with E-state index in [4.69, 9.17) is 5.73 Å². The van der Waals surface area contributed by atoms with Gasteiger partial charge in [0.1, 0.15) is 5.82 Å². The lowest BCUT2D eigenvalue weighted by molar-refractivity contribution is 0.628. The largest absolute Gasteiger partial charge is 0.368 e. The summed E-state index contributed by atoms with van der Waals surface area (Å²) in [4.78, 5) is 11.8. The van der Waals surface area contributed by atoms with Crippen molar-refractivity contribution < 1.29 is 4.39 Å². The highest BCUT2D eigenvalue weighted by atomic mass is 19.1. The van der Waals surface area contributed by atoms with Gasteiger partial charge < -0.3 is 10.7 Å². The predicted molar refractivity (Wildman–Crippen MR) is 93.5 cm³/mol. The van der Waals surface area contributed by atoms with Gasteiger partial charge in [0.2, 0.25) is 5.95 Å². The number of aromatic nitrogens is 7. The topological polar surface area (TPSA) is 111 Å². The highest BCUT2D eigenvalue weighted by Gasteiger charge is 2.19. The summed E-state index contributed by atoms with van der Waals surface area (Å²) in [6, 6.07) is 11.8. The number of nitrogens with zero attached hydrogens (tertiary/aromatic N) is 6. The van der Waals surface area contributed by atoms with Crippen molar-refractivity contribution in [2.75, 3.05) is 5.73 Å². The minimum atomic E-state index is -0.327. The van der Waals surface area contributed by atoms with E-state index in [-0.39, 0.29) is 11.8 Å². The lowest BCUT2D eigenvalue weighted by Gasteiger charge is -2.11. The van der Waals surface area contributed by atoms with Gasteiger partial charge in [-0.1, -0.05) is 6.07 Å². The summed E-state index contributed by atoms with van der Waals surface area (Å²) in [5.74, 6) is -0.178. The number of tetrazole rings is 1. The molecule has 3 aromatic heterocycles. The first-order valence-electron chi connectivity index (χ1n) is 7.78. The molecule has 0 aliphatic rings. The van der Waals surface area contributed by atoms with Crippen molar-refractivity contribution in [3.63, 3.8) is 0 Å². The number of H-pyrrole nitrogens is 1. The number of fused-ring (bicyclic) bond motifs is 2. The molecule has 3 heterocycles. The van der Waals surface area contributed by atoms with Gasteiger partial charge in [-0.05, 0) is 52.4 Å². The zero-order valence-electron chi connectivity index (χ0n) is 13.3. The van der Waals surface area contributed by atoms with E-state index in [1.165, 1.54) is 16.6 Å². The highest BCUT2D eigenvalue weighted by molar-refractivity contribution is 5.93. The average molecular weight is 346 g/mol. The third kappa shape index (κ3) is 2.10. The van der Waals surface area contributed by atoms with Crippen LogP contribution in [-0.4, -0.2) is 35.0 Å². The maximum atomic E-state index is 13.4. The number of nitrogens with two attached hydrogens (primary N) is 1. The molecule has 0 aliphatic carbocycles. The Morgan fingerprint density at radius 1 is 1.04 bits per heavy atom. The second-order valence-corrected chi connectivity index (χ2v) is 5.75. The normalized spacial score (nSPS) is 11.4. The molecule has 0 saturated heterocycles. The minimum absolute atomic E-state index is 0.149. The lowest BCUT2D eigenvalue weighted by atomic mass is 9.99. The molecule has 0 bridgehead atoms. The Kier molecular flexibility index (Phi) is 2.95. The van der Waals surface area contributed by atoms with E-state index in [0.29, 0.717) is 22.5 Å². The maximum absolute atomic E-state index is 13.4. The summed E-state index contributed by atoms with van der Waals surface area (Å²) in [6.45, 7) is 0. The molecule has 5 aromatic rings. The van der Waals surface area contributed by atoms with Crippen molar-refractivity contribution in [1.29, 1.82) is 0 Å². The van der Waals surface area contributed by atoms with E-state index < -0.39 is 0 Å². The molecular weight excluding hydrogens is 335 g/mol. The number of benzene rings is 2. The zero-order chi connectivity index (χ0) is 17.7. The Morgan fingerprint density at radius 3 is 2.69 bits per heavy atom. The lowest BCUT2D eigenvalue weighted by Crippen LogP contribution is -2.05. The summed E-state index contributed by atoms with van der Waals surface area (Å²) in [5.41, 5.74) is 11.0. The number of hydrogen-bond donors (Lipinski definition) is 2. The van der Waals surface area contributed by atoms with Crippen LogP contribution in [0.5, 0.6) is 0 Å². The first-order valence-corrected chi connectivity index (χ1v) is 7.78.